The Morgan fingerprint density at radius 1 is 1.12 bits per heavy atom. The van der Waals surface area contributed by atoms with Gasteiger partial charge in [-0.3, -0.25) is 0 Å². The SMILES string of the molecule is CNCC1CCN(S(=O)(=O)c2ccc3cc(Br)ccc3c2)CC1.Cl. The molecule has 0 saturated carbocycles. The number of sulfonamides is 1. The van der Waals surface area contributed by atoms with Gasteiger partial charge in [0.05, 0.1) is 4.90 Å². The summed E-state index contributed by atoms with van der Waals surface area (Å²) in [5.41, 5.74) is 0. The minimum atomic E-state index is -3.40. The van der Waals surface area contributed by atoms with Crippen LogP contribution in [0.25, 0.3) is 10.8 Å². The lowest BCUT2D eigenvalue weighted by Gasteiger charge is -2.31. The predicted octanol–water partition coefficient (Wildman–Crippen LogP) is 3.64. The highest BCUT2D eigenvalue weighted by Gasteiger charge is 2.29. The second-order valence-corrected chi connectivity index (χ2v) is 8.91. The zero-order chi connectivity index (χ0) is 16.4. The first-order valence-electron chi connectivity index (χ1n) is 7.85. The van der Waals surface area contributed by atoms with Crippen molar-refractivity contribution in [3.8, 4) is 0 Å². The molecule has 7 heteroatoms. The zero-order valence-corrected chi connectivity index (χ0v) is 16.8. The van der Waals surface area contributed by atoms with Crippen LogP contribution in [0.4, 0.5) is 0 Å². The molecular formula is C17H22BrClN2O2S. The van der Waals surface area contributed by atoms with Crippen LogP contribution in [0.15, 0.2) is 45.8 Å². The van der Waals surface area contributed by atoms with Crippen LogP contribution in [0, 0.1) is 5.92 Å². The smallest absolute Gasteiger partial charge is 0.243 e. The minimum absolute atomic E-state index is 0. The number of hydrogen-bond donors (Lipinski definition) is 1. The Morgan fingerprint density at radius 2 is 1.75 bits per heavy atom. The molecule has 0 amide bonds. The second kappa shape index (κ2) is 8.15. The van der Waals surface area contributed by atoms with Crippen LogP contribution in [0.5, 0.6) is 0 Å². The highest BCUT2D eigenvalue weighted by Crippen LogP contribution is 2.27. The normalized spacial score (nSPS) is 16.9. The summed E-state index contributed by atoms with van der Waals surface area (Å²) in [5.74, 6) is 0.570. The number of fused-ring (bicyclic) bond motifs is 1. The largest absolute Gasteiger partial charge is 0.319 e. The summed E-state index contributed by atoms with van der Waals surface area (Å²) >= 11 is 3.44. The summed E-state index contributed by atoms with van der Waals surface area (Å²) in [4.78, 5) is 0.388. The van der Waals surface area contributed by atoms with Gasteiger partial charge in [0.1, 0.15) is 0 Å². The van der Waals surface area contributed by atoms with Crippen LogP contribution in [-0.2, 0) is 10.0 Å². The van der Waals surface area contributed by atoms with E-state index in [1.54, 1.807) is 16.4 Å². The van der Waals surface area contributed by atoms with E-state index in [4.69, 9.17) is 0 Å². The lowest BCUT2D eigenvalue weighted by Crippen LogP contribution is -2.40. The third-order valence-corrected chi connectivity index (χ3v) is 6.87. The van der Waals surface area contributed by atoms with Crippen molar-refractivity contribution < 1.29 is 8.42 Å². The molecule has 1 heterocycles. The molecule has 2 aromatic rings. The Hall–Kier alpha value is -0.660. The fourth-order valence-electron chi connectivity index (χ4n) is 3.15. The molecule has 2 aromatic carbocycles. The molecule has 3 rings (SSSR count). The predicted molar refractivity (Wildman–Crippen MR) is 104 cm³/mol. The van der Waals surface area contributed by atoms with Crippen molar-refractivity contribution in [2.24, 2.45) is 5.92 Å². The molecule has 0 aromatic heterocycles. The molecule has 1 aliphatic rings. The first-order chi connectivity index (χ1) is 11.0. The lowest BCUT2D eigenvalue weighted by molar-refractivity contribution is 0.270. The Kier molecular flexibility index (Phi) is 6.67. The van der Waals surface area contributed by atoms with Gasteiger partial charge in [-0.1, -0.05) is 28.1 Å². The summed E-state index contributed by atoms with van der Waals surface area (Å²) in [6.07, 6.45) is 1.83. The fourth-order valence-corrected chi connectivity index (χ4v) is 5.03. The third-order valence-electron chi connectivity index (χ3n) is 4.48. The molecule has 132 valence electrons. The number of piperidine rings is 1. The number of rotatable bonds is 4. The average Bonchev–Trinajstić information content (AvgIpc) is 2.55. The number of nitrogens with one attached hydrogen (secondary N) is 1. The Morgan fingerprint density at radius 3 is 2.42 bits per heavy atom. The number of benzene rings is 2. The van der Waals surface area contributed by atoms with Gasteiger partial charge >= 0.3 is 0 Å². The Balaban J connectivity index is 0.00000208. The standard InChI is InChI=1S/C17H21BrN2O2S.ClH/c1-19-12-13-6-8-20(9-7-13)23(21,22)17-5-3-14-10-16(18)4-2-15(14)11-17;/h2-5,10-11,13,19H,6-9,12H2,1H3;1H. The van der Waals surface area contributed by atoms with Crippen molar-refractivity contribution in [2.45, 2.75) is 17.7 Å². The van der Waals surface area contributed by atoms with Crippen molar-refractivity contribution in [1.29, 1.82) is 0 Å². The van der Waals surface area contributed by atoms with E-state index >= 15 is 0 Å². The highest BCUT2D eigenvalue weighted by atomic mass is 79.9. The van der Waals surface area contributed by atoms with Crippen molar-refractivity contribution in [3.05, 3.63) is 40.9 Å². The van der Waals surface area contributed by atoms with Crippen LogP contribution >= 0.6 is 28.3 Å². The fraction of sp³-hybridized carbons (Fsp3) is 0.412. The van der Waals surface area contributed by atoms with Crippen molar-refractivity contribution in [2.75, 3.05) is 26.7 Å². The van der Waals surface area contributed by atoms with Crippen molar-refractivity contribution in [3.63, 3.8) is 0 Å². The molecule has 0 spiro atoms. The van der Waals surface area contributed by atoms with Crippen LogP contribution in [0.3, 0.4) is 0 Å². The molecule has 1 fully saturated rings. The number of nitrogens with zero attached hydrogens (tertiary/aromatic N) is 1. The summed E-state index contributed by atoms with van der Waals surface area (Å²) in [5, 5.41) is 5.15. The van der Waals surface area contributed by atoms with Crippen LogP contribution in [-0.4, -0.2) is 39.4 Å². The van der Waals surface area contributed by atoms with Crippen LogP contribution in [0.2, 0.25) is 0 Å². The topological polar surface area (TPSA) is 49.4 Å². The number of hydrogen-bond acceptors (Lipinski definition) is 3. The molecule has 0 bridgehead atoms. The van der Waals surface area contributed by atoms with Crippen LogP contribution in [0.1, 0.15) is 12.8 Å². The van der Waals surface area contributed by atoms with Gasteiger partial charge in [-0.15, -0.1) is 12.4 Å². The first kappa shape index (κ1) is 19.7. The maximum Gasteiger partial charge on any atom is 0.243 e. The molecule has 24 heavy (non-hydrogen) atoms. The Bertz CT molecular complexity index is 805. The first-order valence-corrected chi connectivity index (χ1v) is 10.1. The maximum atomic E-state index is 12.9. The molecule has 0 atom stereocenters. The highest BCUT2D eigenvalue weighted by molar-refractivity contribution is 9.10. The summed E-state index contributed by atoms with van der Waals surface area (Å²) in [7, 11) is -1.46. The maximum absolute atomic E-state index is 12.9. The van der Waals surface area contributed by atoms with E-state index in [0.717, 1.165) is 34.6 Å². The number of halogens is 2. The quantitative estimate of drug-likeness (QED) is 0.801. The van der Waals surface area contributed by atoms with E-state index in [0.29, 0.717) is 23.9 Å². The van der Waals surface area contributed by atoms with Gasteiger partial charge < -0.3 is 5.32 Å². The average molecular weight is 434 g/mol. The van der Waals surface area contributed by atoms with Gasteiger partial charge in [0.15, 0.2) is 0 Å². The van der Waals surface area contributed by atoms with E-state index in [-0.39, 0.29) is 12.4 Å². The third kappa shape index (κ3) is 4.11. The zero-order valence-electron chi connectivity index (χ0n) is 13.5. The van der Waals surface area contributed by atoms with Gasteiger partial charge in [-0.25, -0.2) is 8.42 Å². The van der Waals surface area contributed by atoms with E-state index < -0.39 is 10.0 Å². The van der Waals surface area contributed by atoms with Crippen LogP contribution < -0.4 is 5.32 Å². The molecule has 0 radical (unpaired) electrons. The molecule has 1 saturated heterocycles. The lowest BCUT2D eigenvalue weighted by atomic mass is 9.98. The summed E-state index contributed by atoms with van der Waals surface area (Å²) in [6, 6.07) is 11.2. The van der Waals surface area contributed by atoms with E-state index in [1.165, 1.54) is 0 Å². The van der Waals surface area contributed by atoms with Gasteiger partial charge in [0, 0.05) is 17.6 Å². The minimum Gasteiger partial charge on any atom is -0.319 e. The van der Waals surface area contributed by atoms with Gasteiger partial charge in [0.25, 0.3) is 0 Å². The van der Waals surface area contributed by atoms with E-state index in [1.807, 2.05) is 31.3 Å². The summed E-state index contributed by atoms with van der Waals surface area (Å²) < 4.78 is 28.3. The van der Waals surface area contributed by atoms with Gasteiger partial charge in [-0.05, 0) is 67.4 Å². The molecule has 1 N–H and O–H groups in total. The van der Waals surface area contributed by atoms with E-state index in [2.05, 4.69) is 21.2 Å². The van der Waals surface area contributed by atoms with E-state index in [9.17, 15) is 8.42 Å². The molecule has 0 unspecified atom stereocenters. The molecule has 4 nitrogen and oxygen atoms in total. The Labute approximate surface area is 158 Å². The molecule has 0 aliphatic carbocycles. The van der Waals surface area contributed by atoms with Crippen molar-refractivity contribution in [1.82, 2.24) is 9.62 Å². The summed E-state index contributed by atoms with van der Waals surface area (Å²) in [6.45, 7) is 2.17. The van der Waals surface area contributed by atoms with Crippen molar-refractivity contribution >= 4 is 49.1 Å². The van der Waals surface area contributed by atoms with Gasteiger partial charge in [-0.2, -0.15) is 4.31 Å². The molecular weight excluding hydrogens is 412 g/mol. The monoisotopic (exact) mass is 432 g/mol. The van der Waals surface area contributed by atoms with Gasteiger partial charge in [0.2, 0.25) is 10.0 Å². The molecule has 1 aliphatic heterocycles. The second-order valence-electron chi connectivity index (χ2n) is 6.06.